The first kappa shape index (κ1) is 39.9. The van der Waals surface area contributed by atoms with Crippen molar-refractivity contribution in [2.75, 3.05) is 33.3 Å². The summed E-state index contributed by atoms with van der Waals surface area (Å²) in [6.45, 7) is 9.48. The van der Waals surface area contributed by atoms with Gasteiger partial charge in [0.15, 0.2) is 5.78 Å². The molecule has 2 aliphatic rings. The largest absolute Gasteiger partial charge is 0.496 e. The third-order valence-corrected chi connectivity index (χ3v) is 10.1. The van der Waals surface area contributed by atoms with Gasteiger partial charge in [0.1, 0.15) is 22.8 Å². The van der Waals surface area contributed by atoms with Crippen molar-refractivity contribution in [3.63, 3.8) is 0 Å². The SMILES string of the molecule is COc1cc(C(=O)OC(C)OC(=O)N2CCNCC2)ccc1CC(=O)[C@@H]1N[C@@H](CC(C)(C)C)[C@](C#N)(c2ccc(Cl)cc2F)[C@H]1c1cccc(Cl)c1F. The molecule has 2 saturated heterocycles. The van der Waals surface area contributed by atoms with Gasteiger partial charge in [-0.3, -0.25) is 4.79 Å². The van der Waals surface area contributed by atoms with E-state index in [1.165, 1.54) is 67.5 Å². The lowest BCUT2D eigenvalue weighted by Crippen LogP contribution is -2.47. The average Bonchev–Trinajstić information content (AvgIpc) is 3.42. The van der Waals surface area contributed by atoms with E-state index in [0.29, 0.717) is 38.2 Å². The number of esters is 1. The molecule has 5 atom stereocenters. The molecular formula is C39H42Cl2F2N4O6. The maximum absolute atomic E-state index is 16.0. The van der Waals surface area contributed by atoms with Crippen molar-refractivity contribution in [2.24, 2.45) is 5.41 Å². The molecule has 0 radical (unpaired) electrons. The van der Waals surface area contributed by atoms with Crippen molar-refractivity contribution in [3.8, 4) is 11.8 Å². The number of amides is 1. The zero-order valence-electron chi connectivity index (χ0n) is 30.1. The van der Waals surface area contributed by atoms with Crippen LogP contribution in [0.4, 0.5) is 13.6 Å². The normalized spacial score (nSPS) is 22.1. The van der Waals surface area contributed by atoms with Crippen LogP contribution in [-0.4, -0.2) is 74.4 Å². The van der Waals surface area contributed by atoms with Crippen molar-refractivity contribution < 1.29 is 37.4 Å². The third-order valence-electron chi connectivity index (χ3n) is 9.60. The van der Waals surface area contributed by atoms with Crippen LogP contribution >= 0.6 is 23.2 Å². The molecule has 0 bridgehead atoms. The highest BCUT2D eigenvalue weighted by atomic mass is 35.5. The molecule has 0 spiro atoms. The molecule has 3 aromatic carbocycles. The second-order valence-electron chi connectivity index (χ2n) is 14.5. The van der Waals surface area contributed by atoms with Crippen LogP contribution < -0.4 is 15.4 Å². The van der Waals surface area contributed by atoms with Crippen LogP contribution in [0.15, 0.2) is 54.6 Å². The van der Waals surface area contributed by atoms with Crippen molar-refractivity contribution in [2.45, 2.75) is 70.2 Å². The number of piperazine rings is 1. The number of halogens is 4. The smallest absolute Gasteiger partial charge is 0.412 e. The first-order valence-corrected chi connectivity index (χ1v) is 18.0. The summed E-state index contributed by atoms with van der Waals surface area (Å²) in [6, 6.07) is 13.0. The summed E-state index contributed by atoms with van der Waals surface area (Å²) in [7, 11) is 1.37. The van der Waals surface area contributed by atoms with Crippen LogP contribution in [-0.2, 0) is 26.1 Å². The van der Waals surface area contributed by atoms with Gasteiger partial charge in [-0.25, -0.2) is 18.4 Å². The number of nitrogens with zero attached hydrogens (tertiary/aromatic N) is 2. The highest BCUT2D eigenvalue weighted by Gasteiger charge is 2.61. The van der Waals surface area contributed by atoms with Gasteiger partial charge in [-0.15, -0.1) is 0 Å². The number of nitrogens with one attached hydrogen (secondary N) is 2. The first-order valence-electron chi connectivity index (χ1n) is 17.2. The molecule has 2 fully saturated rings. The van der Waals surface area contributed by atoms with Gasteiger partial charge in [-0.1, -0.05) is 68.2 Å². The minimum Gasteiger partial charge on any atom is -0.496 e. The van der Waals surface area contributed by atoms with Crippen LogP contribution in [0.5, 0.6) is 5.75 Å². The number of nitriles is 1. The lowest BCUT2D eigenvalue weighted by molar-refractivity contribution is -0.120. The molecule has 0 aromatic heterocycles. The van der Waals surface area contributed by atoms with Crippen LogP contribution in [0.2, 0.25) is 10.0 Å². The van der Waals surface area contributed by atoms with Crippen molar-refractivity contribution in [1.29, 1.82) is 5.26 Å². The third kappa shape index (κ3) is 8.60. The maximum Gasteiger partial charge on any atom is 0.412 e. The number of carbonyl (C=O) groups is 3. The molecule has 0 saturated carbocycles. The van der Waals surface area contributed by atoms with Crippen molar-refractivity contribution >= 4 is 41.0 Å². The number of ether oxygens (including phenoxy) is 3. The zero-order chi connectivity index (χ0) is 38.7. The predicted molar refractivity (Wildman–Crippen MR) is 195 cm³/mol. The van der Waals surface area contributed by atoms with Crippen LogP contribution in [0.3, 0.4) is 0 Å². The van der Waals surface area contributed by atoms with E-state index in [1.807, 2.05) is 20.8 Å². The summed E-state index contributed by atoms with van der Waals surface area (Å²) in [5.41, 5.74) is -1.78. The number of benzene rings is 3. The summed E-state index contributed by atoms with van der Waals surface area (Å²) < 4.78 is 48.2. The lowest BCUT2D eigenvalue weighted by atomic mass is 9.62. The Morgan fingerprint density at radius 2 is 1.77 bits per heavy atom. The molecule has 2 heterocycles. The van der Waals surface area contributed by atoms with Gasteiger partial charge in [-0.2, -0.15) is 5.26 Å². The molecule has 282 valence electrons. The Morgan fingerprint density at radius 1 is 1.06 bits per heavy atom. The van der Waals surface area contributed by atoms with Gasteiger partial charge in [0.25, 0.3) is 0 Å². The monoisotopic (exact) mass is 770 g/mol. The minimum atomic E-state index is -1.78. The van der Waals surface area contributed by atoms with Gasteiger partial charge in [0.05, 0.1) is 29.8 Å². The molecule has 53 heavy (non-hydrogen) atoms. The molecular weight excluding hydrogens is 729 g/mol. The fourth-order valence-corrected chi connectivity index (χ4v) is 7.57. The number of carbonyl (C=O) groups excluding carboxylic acids is 3. The Hall–Kier alpha value is -4.28. The van der Waals surface area contributed by atoms with E-state index < -0.39 is 64.6 Å². The minimum absolute atomic E-state index is 0.0208. The quantitative estimate of drug-likeness (QED) is 0.166. The van der Waals surface area contributed by atoms with E-state index in [0.717, 1.165) is 6.07 Å². The van der Waals surface area contributed by atoms with Gasteiger partial charge in [-0.05, 0) is 47.7 Å². The summed E-state index contributed by atoms with van der Waals surface area (Å²) >= 11 is 12.4. The topological polar surface area (TPSA) is 130 Å². The highest BCUT2D eigenvalue weighted by molar-refractivity contribution is 6.31. The molecule has 10 nitrogen and oxygen atoms in total. The fourth-order valence-electron chi connectivity index (χ4n) is 7.23. The van der Waals surface area contributed by atoms with E-state index in [1.54, 1.807) is 0 Å². The maximum atomic E-state index is 16.0. The van der Waals surface area contributed by atoms with Gasteiger partial charge in [0.2, 0.25) is 6.29 Å². The second kappa shape index (κ2) is 16.4. The lowest BCUT2D eigenvalue weighted by Gasteiger charge is -2.37. The molecule has 0 aliphatic carbocycles. The number of hydrogen-bond donors (Lipinski definition) is 2. The van der Waals surface area contributed by atoms with Gasteiger partial charge in [0, 0.05) is 67.6 Å². The zero-order valence-corrected chi connectivity index (χ0v) is 31.6. The standard InChI is InChI=1S/C39H42Cl2F2N4O6/c1-22(53-37(50)47-15-13-45-14-16-47)52-36(49)24-10-9-23(31(18-24)51-5)17-30(48)35-33(26-7-6-8-28(41)34(26)43)39(21-44,32(46-35)20-38(2,3)4)27-12-11-25(40)19-29(27)42/h6-12,18-19,22,32-33,35,45-46H,13-17,20H2,1-5H3/t22?,32-,33-,35-,39-/m0/s1. The number of rotatable bonds is 10. The predicted octanol–water partition coefficient (Wildman–Crippen LogP) is 6.96. The number of Topliss-reactive ketones (excluding diaryl/α,β-unsaturated/α-hetero) is 1. The van der Waals surface area contributed by atoms with E-state index in [4.69, 9.17) is 37.4 Å². The average molecular weight is 772 g/mol. The van der Waals surface area contributed by atoms with Crippen LogP contribution in [0.1, 0.15) is 67.1 Å². The van der Waals surface area contributed by atoms with E-state index in [9.17, 15) is 19.6 Å². The molecule has 1 unspecified atom stereocenters. The van der Waals surface area contributed by atoms with E-state index in [-0.39, 0.29) is 38.9 Å². The van der Waals surface area contributed by atoms with E-state index in [2.05, 4.69) is 16.7 Å². The molecule has 5 rings (SSSR count). The molecule has 1 amide bonds. The summed E-state index contributed by atoms with van der Waals surface area (Å²) in [5.74, 6) is -3.86. The molecule has 3 aromatic rings. The number of methoxy groups -OCH3 is 1. The first-order chi connectivity index (χ1) is 25.1. The molecule has 2 aliphatic heterocycles. The second-order valence-corrected chi connectivity index (χ2v) is 15.3. The molecule has 14 heteroatoms. The van der Waals surface area contributed by atoms with E-state index >= 15 is 8.78 Å². The Morgan fingerprint density at radius 3 is 2.42 bits per heavy atom. The number of ketones is 1. The summed E-state index contributed by atoms with van der Waals surface area (Å²) in [6.07, 6.45) is -1.73. The summed E-state index contributed by atoms with van der Waals surface area (Å²) in [4.78, 5) is 41.5. The number of hydrogen-bond acceptors (Lipinski definition) is 9. The fraction of sp³-hybridized carbons (Fsp3) is 0.436. The van der Waals surface area contributed by atoms with Crippen LogP contribution in [0.25, 0.3) is 0 Å². The van der Waals surface area contributed by atoms with Gasteiger partial charge >= 0.3 is 12.1 Å². The Bertz CT molecular complexity index is 1910. The van der Waals surface area contributed by atoms with Crippen molar-refractivity contribution in [1.82, 2.24) is 15.5 Å². The van der Waals surface area contributed by atoms with Gasteiger partial charge < -0.3 is 29.7 Å². The Balaban J connectivity index is 1.47. The highest BCUT2D eigenvalue weighted by Crippen LogP contribution is 2.53. The van der Waals surface area contributed by atoms with Crippen molar-refractivity contribution in [3.05, 3.63) is 98.5 Å². The Kier molecular flexibility index (Phi) is 12.3. The molecule has 2 N–H and O–H groups in total. The summed E-state index contributed by atoms with van der Waals surface area (Å²) in [5, 5.41) is 17.5. The van der Waals surface area contributed by atoms with Crippen LogP contribution in [0, 0.1) is 28.4 Å². The Labute approximate surface area is 317 Å².